The summed E-state index contributed by atoms with van der Waals surface area (Å²) in [6, 6.07) is 5.02. The Labute approximate surface area is 103 Å². The number of nitrogens with two attached hydrogens (primary N) is 1. The quantitative estimate of drug-likeness (QED) is 0.902. The maximum atomic E-state index is 13.4. The smallest absolute Gasteiger partial charge is 0.126 e. The van der Waals surface area contributed by atoms with Gasteiger partial charge < -0.3 is 5.73 Å². The van der Waals surface area contributed by atoms with Crippen LogP contribution in [0.25, 0.3) is 0 Å². The van der Waals surface area contributed by atoms with Gasteiger partial charge in [-0.05, 0) is 48.6 Å². The molecule has 0 aliphatic carbocycles. The average Bonchev–Trinajstić information content (AvgIpc) is 2.20. The van der Waals surface area contributed by atoms with Crippen LogP contribution in [-0.4, -0.2) is 18.1 Å². The molecular weight excluding hydrogens is 277 g/mol. The maximum absolute atomic E-state index is 13.4. The van der Waals surface area contributed by atoms with E-state index in [-0.39, 0.29) is 11.9 Å². The van der Waals surface area contributed by atoms with Crippen molar-refractivity contribution in [3.63, 3.8) is 0 Å². The topological polar surface area (TPSA) is 26.0 Å². The summed E-state index contributed by atoms with van der Waals surface area (Å²) in [4.78, 5) is 0. The zero-order valence-electron chi connectivity index (χ0n) is 8.67. The average molecular weight is 292 g/mol. The van der Waals surface area contributed by atoms with Gasteiger partial charge in [-0.25, -0.2) is 4.39 Å². The van der Waals surface area contributed by atoms with E-state index in [1.807, 2.05) is 6.26 Å². The minimum Gasteiger partial charge on any atom is -0.327 e. The van der Waals surface area contributed by atoms with E-state index in [1.165, 1.54) is 6.07 Å². The number of hydrogen-bond donors (Lipinski definition) is 1. The molecule has 0 saturated heterocycles. The number of thioether (sulfide) groups is 1. The van der Waals surface area contributed by atoms with Crippen LogP contribution in [0.1, 0.15) is 12.0 Å². The van der Waals surface area contributed by atoms with Crippen molar-refractivity contribution >= 4 is 27.7 Å². The zero-order chi connectivity index (χ0) is 11.3. The monoisotopic (exact) mass is 291 g/mol. The van der Waals surface area contributed by atoms with Crippen molar-refractivity contribution in [1.29, 1.82) is 0 Å². The maximum Gasteiger partial charge on any atom is 0.126 e. The third-order valence-corrected chi connectivity index (χ3v) is 3.32. The van der Waals surface area contributed by atoms with Crippen LogP contribution in [0.3, 0.4) is 0 Å². The van der Waals surface area contributed by atoms with Gasteiger partial charge in [0.05, 0.1) is 0 Å². The van der Waals surface area contributed by atoms with Crippen molar-refractivity contribution in [2.75, 3.05) is 12.0 Å². The van der Waals surface area contributed by atoms with Crippen LogP contribution in [0, 0.1) is 5.82 Å². The molecule has 4 heteroatoms. The summed E-state index contributed by atoms with van der Waals surface area (Å²) in [5.41, 5.74) is 6.61. The van der Waals surface area contributed by atoms with Gasteiger partial charge in [0.15, 0.2) is 0 Å². The molecule has 0 amide bonds. The van der Waals surface area contributed by atoms with E-state index in [4.69, 9.17) is 5.73 Å². The highest BCUT2D eigenvalue weighted by atomic mass is 79.9. The fourth-order valence-electron chi connectivity index (χ4n) is 1.35. The number of hydrogen-bond acceptors (Lipinski definition) is 2. The fraction of sp³-hybridized carbons (Fsp3) is 0.455. The van der Waals surface area contributed by atoms with Gasteiger partial charge in [0.2, 0.25) is 0 Å². The summed E-state index contributed by atoms with van der Waals surface area (Å²) in [5, 5.41) is 0. The van der Waals surface area contributed by atoms with Gasteiger partial charge in [-0.1, -0.05) is 15.9 Å². The van der Waals surface area contributed by atoms with Gasteiger partial charge in [-0.3, -0.25) is 0 Å². The predicted molar refractivity (Wildman–Crippen MR) is 68.8 cm³/mol. The molecule has 0 saturated carbocycles. The summed E-state index contributed by atoms with van der Waals surface area (Å²) in [6.45, 7) is 0. The molecular formula is C11H15BrFNS. The highest BCUT2D eigenvalue weighted by Gasteiger charge is 2.08. The van der Waals surface area contributed by atoms with Gasteiger partial charge in [0.25, 0.3) is 0 Å². The van der Waals surface area contributed by atoms with Gasteiger partial charge in [-0.15, -0.1) is 0 Å². The Hall–Kier alpha value is -0.0600. The van der Waals surface area contributed by atoms with E-state index in [2.05, 4.69) is 15.9 Å². The number of benzene rings is 1. The Kier molecular flexibility index (Phi) is 5.64. The van der Waals surface area contributed by atoms with Gasteiger partial charge in [-0.2, -0.15) is 11.8 Å². The summed E-state index contributed by atoms with van der Waals surface area (Å²) in [5.74, 6) is 0.856. The molecule has 1 unspecified atom stereocenters. The molecule has 0 spiro atoms. The van der Waals surface area contributed by atoms with E-state index in [9.17, 15) is 4.39 Å². The van der Waals surface area contributed by atoms with Crippen LogP contribution in [0.4, 0.5) is 4.39 Å². The van der Waals surface area contributed by atoms with Gasteiger partial charge >= 0.3 is 0 Å². The first-order valence-corrected chi connectivity index (χ1v) is 7.00. The standard InChI is InChI=1S/C11H15BrFNS/c1-15-5-4-10(14)7-8-6-9(12)2-3-11(8)13/h2-3,6,10H,4-5,7,14H2,1H3. The molecule has 1 atom stereocenters. The Morgan fingerprint density at radius 2 is 2.27 bits per heavy atom. The SMILES string of the molecule is CSCCC(N)Cc1cc(Br)ccc1F. The molecule has 84 valence electrons. The molecule has 0 fully saturated rings. The molecule has 1 aromatic rings. The molecule has 0 radical (unpaired) electrons. The normalized spacial score (nSPS) is 12.8. The molecule has 1 rings (SSSR count). The molecule has 0 heterocycles. The Bertz CT molecular complexity index is 319. The molecule has 0 aromatic heterocycles. The highest BCUT2D eigenvalue weighted by molar-refractivity contribution is 9.10. The lowest BCUT2D eigenvalue weighted by Gasteiger charge is -2.11. The minimum atomic E-state index is -0.169. The Morgan fingerprint density at radius 1 is 1.53 bits per heavy atom. The van der Waals surface area contributed by atoms with Crippen molar-refractivity contribution in [3.8, 4) is 0 Å². The molecule has 0 bridgehead atoms. The van der Waals surface area contributed by atoms with Crippen molar-refractivity contribution in [2.24, 2.45) is 5.73 Å². The molecule has 1 aromatic carbocycles. The zero-order valence-corrected chi connectivity index (χ0v) is 11.1. The van der Waals surface area contributed by atoms with Crippen LogP contribution in [0.2, 0.25) is 0 Å². The van der Waals surface area contributed by atoms with E-state index < -0.39 is 0 Å². The van der Waals surface area contributed by atoms with Crippen LogP contribution in [0.15, 0.2) is 22.7 Å². The molecule has 15 heavy (non-hydrogen) atoms. The lowest BCUT2D eigenvalue weighted by molar-refractivity contribution is 0.580. The highest BCUT2D eigenvalue weighted by Crippen LogP contribution is 2.17. The fourth-order valence-corrected chi connectivity index (χ4v) is 2.30. The Balaban J connectivity index is 2.59. The van der Waals surface area contributed by atoms with Crippen LogP contribution < -0.4 is 5.73 Å². The Morgan fingerprint density at radius 3 is 2.93 bits per heavy atom. The van der Waals surface area contributed by atoms with Crippen molar-refractivity contribution in [1.82, 2.24) is 0 Å². The number of halogens is 2. The van der Waals surface area contributed by atoms with Crippen molar-refractivity contribution in [3.05, 3.63) is 34.1 Å². The molecule has 2 N–H and O–H groups in total. The van der Waals surface area contributed by atoms with E-state index in [1.54, 1.807) is 23.9 Å². The second kappa shape index (κ2) is 6.51. The summed E-state index contributed by atoms with van der Waals surface area (Å²) >= 11 is 5.09. The van der Waals surface area contributed by atoms with Gasteiger partial charge in [0, 0.05) is 10.5 Å². The van der Waals surface area contributed by atoms with Crippen LogP contribution in [0.5, 0.6) is 0 Å². The van der Waals surface area contributed by atoms with E-state index >= 15 is 0 Å². The first kappa shape index (κ1) is 13.0. The lowest BCUT2D eigenvalue weighted by atomic mass is 10.0. The largest absolute Gasteiger partial charge is 0.327 e. The minimum absolute atomic E-state index is 0.0428. The molecule has 0 aliphatic heterocycles. The second-order valence-electron chi connectivity index (χ2n) is 3.48. The third-order valence-electron chi connectivity index (χ3n) is 2.18. The van der Waals surface area contributed by atoms with E-state index in [0.29, 0.717) is 12.0 Å². The van der Waals surface area contributed by atoms with Gasteiger partial charge in [0.1, 0.15) is 5.82 Å². The summed E-state index contributed by atoms with van der Waals surface area (Å²) in [7, 11) is 0. The first-order valence-electron chi connectivity index (χ1n) is 4.82. The first-order chi connectivity index (χ1) is 7.13. The third kappa shape index (κ3) is 4.53. The molecule has 0 aliphatic rings. The van der Waals surface area contributed by atoms with Crippen molar-refractivity contribution < 1.29 is 4.39 Å². The van der Waals surface area contributed by atoms with Crippen molar-refractivity contribution in [2.45, 2.75) is 18.9 Å². The predicted octanol–water partition coefficient (Wildman–Crippen LogP) is 3.21. The summed E-state index contributed by atoms with van der Waals surface area (Å²) in [6.07, 6.45) is 3.57. The number of rotatable bonds is 5. The van der Waals surface area contributed by atoms with Crippen LogP contribution in [-0.2, 0) is 6.42 Å². The lowest BCUT2D eigenvalue weighted by Crippen LogP contribution is -2.24. The summed E-state index contributed by atoms with van der Waals surface area (Å²) < 4.78 is 14.3. The second-order valence-corrected chi connectivity index (χ2v) is 5.38. The van der Waals surface area contributed by atoms with Crippen LogP contribution >= 0.6 is 27.7 Å². The van der Waals surface area contributed by atoms with E-state index in [0.717, 1.165) is 16.6 Å². The molecule has 1 nitrogen and oxygen atoms in total.